The predicted molar refractivity (Wildman–Crippen MR) is 148 cm³/mol. The summed E-state index contributed by atoms with van der Waals surface area (Å²) < 4.78 is 48.8. The minimum absolute atomic E-state index is 0.105. The molecule has 196 valence electrons. The van der Waals surface area contributed by atoms with Crippen molar-refractivity contribution in [3.63, 3.8) is 0 Å². The van der Waals surface area contributed by atoms with Crippen LogP contribution in [-0.4, -0.2) is 64.7 Å². The number of hydrogen-bond acceptors (Lipinski definition) is 7. The van der Waals surface area contributed by atoms with Crippen molar-refractivity contribution in [2.75, 3.05) is 40.1 Å². The summed E-state index contributed by atoms with van der Waals surface area (Å²) in [4.78, 5) is 13.2. The molecule has 0 spiro atoms. The average Bonchev–Trinajstić information content (AvgIpc) is 3.10. The summed E-state index contributed by atoms with van der Waals surface area (Å²) in [5.74, 6) is 0.986. The largest absolute Gasteiger partial charge is 0.342 e. The third-order valence-corrected chi connectivity index (χ3v) is 9.83. The average molecular weight is 573 g/mol. The third-order valence-electron chi connectivity index (χ3n) is 5.63. The maximum Gasteiger partial charge on any atom is 0.342 e. The van der Waals surface area contributed by atoms with E-state index in [0.29, 0.717) is 15.3 Å². The van der Waals surface area contributed by atoms with Gasteiger partial charge in [-0.2, -0.15) is 20.6 Å². The van der Waals surface area contributed by atoms with Gasteiger partial charge in [-0.05, 0) is 60.7 Å². The van der Waals surface area contributed by atoms with Gasteiger partial charge in [-0.1, -0.05) is 36.7 Å². The van der Waals surface area contributed by atoms with E-state index in [1.165, 1.54) is 23.2 Å². The Kier molecular flexibility index (Phi) is 8.64. The van der Waals surface area contributed by atoms with Gasteiger partial charge in [0.25, 0.3) is 0 Å². The van der Waals surface area contributed by atoms with E-state index >= 15 is 0 Å². The third kappa shape index (κ3) is 6.72. The number of rotatable bonds is 9. The minimum Gasteiger partial charge on any atom is -0.306 e. The second-order valence-corrected chi connectivity index (χ2v) is 14.2. The summed E-state index contributed by atoms with van der Waals surface area (Å²) in [5.41, 5.74) is 1.40. The lowest BCUT2D eigenvalue weighted by molar-refractivity contribution is 0.206. The molecule has 9 nitrogen and oxygen atoms in total. The zero-order valence-corrected chi connectivity index (χ0v) is 23.6. The SMILES string of the molecule is CSCCCC1(C)CN(C(=O)Nc2cccc(N(S(C)(=O)=O)S(C)(=O)=O)c2)N=C1c1ccc(Cl)cc1. The fraction of sp³-hybridized carbons (Fsp3) is 0.391. The van der Waals surface area contributed by atoms with Gasteiger partial charge in [0, 0.05) is 16.1 Å². The van der Waals surface area contributed by atoms with Crippen molar-refractivity contribution in [1.29, 1.82) is 0 Å². The molecule has 2 amide bonds. The van der Waals surface area contributed by atoms with Gasteiger partial charge in [0.2, 0.25) is 20.0 Å². The Morgan fingerprint density at radius 1 is 1.14 bits per heavy atom. The van der Waals surface area contributed by atoms with Crippen molar-refractivity contribution in [3.8, 4) is 0 Å². The first-order valence-corrected chi connectivity index (χ1v) is 16.4. The Morgan fingerprint density at radius 2 is 1.78 bits per heavy atom. The fourth-order valence-corrected chi connectivity index (χ4v) is 7.65. The molecule has 1 aliphatic rings. The van der Waals surface area contributed by atoms with Crippen molar-refractivity contribution in [2.24, 2.45) is 10.5 Å². The molecule has 1 unspecified atom stereocenters. The van der Waals surface area contributed by atoms with E-state index in [2.05, 4.69) is 17.3 Å². The lowest BCUT2D eigenvalue weighted by Crippen LogP contribution is -2.36. The Morgan fingerprint density at radius 3 is 2.36 bits per heavy atom. The van der Waals surface area contributed by atoms with Gasteiger partial charge in [-0.25, -0.2) is 26.6 Å². The van der Waals surface area contributed by atoms with Crippen LogP contribution in [0.4, 0.5) is 16.2 Å². The number of amides is 2. The first kappa shape index (κ1) is 28.3. The van der Waals surface area contributed by atoms with E-state index in [4.69, 9.17) is 11.6 Å². The Labute approximate surface area is 222 Å². The summed E-state index contributed by atoms with van der Waals surface area (Å²) in [6.07, 6.45) is 5.43. The summed E-state index contributed by atoms with van der Waals surface area (Å²) >= 11 is 7.82. The van der Waals surface area contributed by atoms with Crippen LogP contribution in [0.3, 0.4) is 0 Å². The van der Waals surface area contributed by atoms with E-state index < -0.39 is 26.1 Å². The van der Waals surface area contributed by atoms with Crippen molar-refractivity contribution < 1.29 is 21.6 Å². The molecule has 1 aliphatic heterocycles. The molecule has 1 atom stereocenters. The summed E-state index contributed by atoms with van der Waals surface area (Å²) in [6.45, 7) is 2.43. The minimum atomic E-state index is -4.11. The highest BCUT2D eigenvalue weighted by molar-refractivity contribution is 8.09. The molecule has 13 heteroatoms. The van der Waals surface area contributed by atoms with E-state index in [1.54, 1.807) is 30.0 Å². The number of halogens is 1. The van der Waals surface area contributed by atoms with Crippen molar-refractivity contribution >= 4 is 66.5 Å². The van der Waals surface area contributed by atoms with E-state index in [-0.39, 0.29) is 16.8 Å². The maximum absolute atomic E-state index is 13.2. The van der Waals surface area contributed by atoms with Gasteiger partial charge in [0.05, 0.1) is 30.5 Å². The van der Waals surface area contributed by atoms with Crippen molar-refractivity contribution in [1.82, 2.24) is 5.01 Å². The Bertz CT molecular complexity index is 1330. The first-order chi connectivity index (χ1) is 16.7. The number of hydrogen-bond donors (Lipinski definition) is 1. The van der Waals surface area contributed by atoms with Crippen LogP contribution in [0.5, 0.6) is 0 Å². The second-order valence-electron chi connectivity index (χ2n) is 8.87. The maximum atomic E-state index is 13.2. The molecular weight excluding hydrogens is 544 g/mol. The number of nitrogens with one attached hydrogen (secondary N) is 1. The Hall–Kier alpha value is -2.28. The number of thioether (sulfide) groups is 1. The molecule has 0 saturated heterocycles. The molecule has 36 heavy (non-hydrogen) atoms. The number of carbonyl (C=O) groups excluding carboxylic acids is 1. The molecule has 2 aromatic rings. The molecule has 0 bridgehead atoms. The number of sulfonamides is 2. The fourth-order valence-electron chi connectivity index (χ4n) is 4.13. The number of anilines is 2. The summed E-state index contributed by atoms with van der Waals surface area (Å²) in [7, 11) is -8.23. The lowest BCUT2D eigenvalue weighted by atomic mass is 9.78. The number of nitrogens with zero attached hydrogens (tertiary/aromatic N) is 3. The lowest BCUT2D eigenvalue weighted by Gasteiger charge is -2.26. The summed E-state index contributed by atoms with van der Waals surface area (Å²) in [6, 6.07) is 12.4. The molecule has 3 rings (SSSR count). The molecule has 0 aliphatic carbocycles. The van der Waals surface area contributed by atoms with Gasteiger partial charge in [-0.15, -0.1) is 0 Å². The topological polar surface area (TPSA) is 116 Å². The van der Waals surface area contributed by atoms with Crippen LogP contribution in [0.25, 0.3) is 0 Å². The Balaban J connectivity index is 1.89. The summed E-state index contributed by atoms with van der Waals surface area (Å²) in [5, 5.41) is 9.30. The number of hydrazone groups is 1. The van der Waals surface area contributed by atoms with Crippen molar-refractivity contribution in [3.05, 3.63) is 59.1 Å². The second kappa shape index (κ2) is 11.0. The zero-order valence-electron chi connectivity index (χ0n) is 20.4. The van der Waals surface area contributed by atoms with Gasteiger partial charge >= 0.3 is 6.03 Å². The number of carbonyl (C=O) groups is 1. The predicted octanol–water partition coefficient (Wildman–Crippen LogP) is 4.47. The van der Waals surface area contributed by atoms with Gasteiger partial charge in [0.15, 0.2) is 0 Å². The van der Waals surface area contributed by atoms with Crippen molar-refractivity contribution in [2.45, 2.75) is 19.8 Å². The monoisotopic (exact) mass is 572 g/mol. The molecule has 1 N–H and O–H groups in total. The van der Waals surface area contributed by atoms with E-state index in [1.807, 2.05) is 18.4 Å². The van der Waals surface area contributed by atoms with Crippen LogP contribution in [0, 0.1) is 5.41 Å². The van der Waals surface area contributed by atoms with Crippen LogP contribution in [0.2, 0.25) is 5.02 Å². The molecule has 0 fully saturated rings. The molecule has 2 aromatic carbocycles. The van der Waals surface area contributed by atoms with Crippen LogP contribution in [0.15, 0.2) is 53.6 Å². The van der Waals surface area contributed by atoms with Crippen LogP contribution < -0.4 is 9.03 Å². The normalized spacial score (nSPS) is 18.1. The molecule has 0 radical (unpaired) electrons. The van der Waals surface area contributed by atoms with Crippen LogP contribution >= 0.6 is 23.4 Å². The molecule has 1 heterocycles. The number of urea groups is 1. The number of benzene rings is 2. The van der Waals surface area contributed by atoms with Gasteiger partial charge < -0.3 is 5.32 Å². The highest BCUT2D eigenvalue weighted by atomic mass is 35.5. The zero-order chi connectivity index (χ0) is 26.7. The molecule has 0 aromatic heterocycles. The van der Waals surface area contributed by atoms with E-state index in [9.17, 15) is 21.6 Å². The molecule has 0 saturated carbocycles. The van der Waals surface area contributed by atoms with E-state index in [0.717, 1.165) is 42.4 Å². The quantitative estimate of drug-likeness (QED) is 0.443. The van der Waals surface area contributed by atoms with Crippen LogP contribution in [-0.2, 0) is 20.0 Å². The molecular formula is C23H29ClN4O5S3. The highest BCUT2D eigenvalue weighted by Crippen LogP contribution is 2.36. The van der Waals surface area contributed by atoms with Gasteiger partial charge in [0.1, 0.15) is 0 Å². The van der Waals surface area contributed by atoms with Crippen LogP contribution in [0.1, 0.15) is 25.3 Å². The standard InChI is InChI=1S/C23H29ClN4O5S3/c1-23(13-6-14-34-2)16-27(26-21(23)17-9-11-18(24)12-10-17)22(29)25-19-7-5-8-20(15-19)28(35(3,30)31)36(4,32)33/h5,7-12,15H,6,13-14,16H2,1-4H3,(H,25,29). The van der Waals surface area contributed by atoms with Gasteiger partial charge in [-0.3, -0.25) is 0 Å². The smallest absolute Gasteiger partial charge is 0.306 e. The highest BCUT2D eigenvalue weighted by Gasteiger charge is 2.41. The first-order valence-electron chi connectivity index (χ1n) is 11.0.